The van der Waals surface area contributed by atoms with Crippen molar-refractivity contribution in [2.24, 2.45) is 0 Å². The van der Waals surface area contributed by atoms with Crippen LogP contribution in [-0.2, 0) is 4.74 Å². The molecule has 1 aromatic heterocycles. The monoisotopic (exact) mass is 220 g/mol. The average molecular weight is 220 g/mol. The molecular formula is C11H12N2O3. The van der Waals surface area contributed by atoms with E-state index in [1.807, 2.05) is 12.1 Å². The van der Waals surface area contributed by atoms with Crippen molar-refractivity contribution in [3.63, 3.8) is 0 Å². The predicted molar refractivity (Wildman–Crippen MR) is 58.6 cm³/mol. The van der Waals surface area contributed by atoms with Crippen molar-refractivity contribution < 1.29 is 14.3 Å². The van der Waals surface area contributed by atoms with E-state index in [-0.39, 0.29) is 5.69 Å². The highest BCUT2D eigenvalue weighted by Crippen LogP contribution is 2.27. The Morgan fingerprint density at radius 1 is 1.50 bits per heavy atom. The van der Waals surface area contributed by atoms with Crippen LogP contribution in [0.25, 0.3) is 10.9 Å². The third-order valence-corrected chi connectivity index (χ3v) is 2.24. The van der Waals surface area contributed by atoms with Gasteiger partial charge in [0.25, 0.3) is 0 Å². The van der Waals surface area contributed by atoms with E-state index in [9.17, 15) is 4.79 Å². The van der Waals surface area contributed by atoms with E-state index in [0.29, 0.717) is 17.7 Å². The lowest BCUT2D eigenvalue weighted by molar-refractivity contribution is 0.0521. The summed E-state index contributed by atoms with van der Waals surface area (Å²) in [7, 11) is 1.55. The van der Waals surface area contributed by atoms with Gasteiger partial charge in [-0.1, -0.05) is 6.07 Å². The minimum Gasteiger partial charge on any atom is -0.496 e. The zero-order valence-corrected chi connectivity index (χ0v) is 9.11. The molecule has 84 valence electrons. The molecule has 16 heavy (non-hydrogen) atoms. The molecule has 0 bridgehead atoms. The fourth-order valence-corrected chi connectivity index (χ4v) is 1.56. The third-order valence-electron chi connectivity index (χ3n) is 2.24. The molecule has 0 aliphatic heterocycles. The molecule has 0 unspecified atom stereocenters. The number of nitrogens with zero attached hydrogens (tertiary/aromatic N) is 1. The minimum absolute atomic E-state index is 0.259. The van der Waals surface area contributed by atoms with Gasteiger partial charge in [0.15, 0.2) is 5.69 Å². The van der Waals surface area contributed by atoms with Gasteiger partial charge in [-0.3, -0.25) is 5.10 Å². The number of methoxy groups -OCH3 is 1. The normalized spacial score (nSPS) is 10.4. The molecule has 0 saturated carbocycles. The van der Waals surface area contributed by atoms with Crippen LogP contribution >= 0.6 is 0 Å². The molecule has 5 heteroatoms. The Bertz CT molecular complexity index is 519. The van der Waals surface area contributed by atoms with Crippen molar-refractivity contribution >= 4 is 16.9 Å². The molecule has 0 saturated heterocycles. The van der Waals surface area contributed by atoms with Crippen molar-refractivity contribution in [1.82, 2.24) is 10.2 Å². The van der Waals surface area contributed by atoms with Crippen LogP contribution in [0.1, 0.15) is 17.4 Å². The first-order chi connectivity index (χ1) is 7.77. The molecule has 2 aromatic rings. The zero-order valence-electron chi connectivity index (χ0n) is 9.11. The summed E-state index contributed by atoms with van der Waals surface area (Å²) in [5, 5.41) is 7.37. The van der Waals surface area contributed by atoms with Crippen LogP contribution in [0, 0.1) is 0 Å². The van der Waals surface area contributed by atoms with Crippen LogP contribution in [0.3, 0.4) is 0 Å². The topological polar surface area (TPSA) is 64.2 Å². The van der Waals surface area contributed by atoms with Gasteiger partial charge in [-0.25, -0.2) is 4.79 Å². The van der Waals surface area contributed by atoms with Gasteiger partial charge in [0.2, 0.25) is 0 Å². The highest BCUT2D eigenvalue weighted by atomic mass is 16.5. The molecule has 0 aliphatic rings. The molecule has 2 rings (SSSR count). The van der Waals surface area contributed by atoms with E-state index in [1.54, 1.807) is 20.1 Å². The third kappa shape index (κ3) is 1.60. The first-order valence-corrected chi connectivity index (χ1v) is 4.96. The van der Waals surface area contributed by atoms with Crippen LogP contribution in [-0.4, -0.2) is 29.9 Å². The molecule has 0 spiro atoms. The van der Waals surface area contributed by atoms with Gasteiger partial charge in [0.05, 0.1) is 24.6 Å². The average Bonchev–Trinajstić information content (AvgIpc) is 2.72. The van der Waals surface area contributed by atoms with Gasteiger partial charge in [0, 0.05) is 0 Å². The van der Waals surface area contributed by atoms with E-state index in [2.05, 4.69) is 10.2 Å². The molecule has 0 atom stereocenters. The number of H-pyrrole nitrogens is 1. The maximum absolute atomic E-state index is 11.6. The number of hydrogen-bond donors (Lipinski definition) is 1. The van der Waals surface area contributed by atoms with Gasteiger partial charge in [0.1, 0.15) is 5.75 Å². The summed E-state index contributed by atoms with van der Waals surface area (Å²) in [6, 6.07) is 5.43. The number of carbonyl (C=O) groups is 1. The molecule has 0 amide bonds. The largest absolute Gasteiger partial charge is 0.496 e. The lowest BCUT2D eigenvalue weighted by atomic mass is 10.2. The number of benzene rings is 1. The molecule has 0 radical (unpaired) electrons. The van der Waals surface area contributed by atoms with E-state index in [0.717, 1.165) is 5.52 Å². The zero-order chi connectivity index (χ0) is 11.5. The van der Waals surface area contributed by atoms with Crippen molar-refractivity contribution in [1.29, 1.82) is 0 Å². The Morgan fingerprint density at radius 2 is 2.31 bits per heavy atom. The SMILES string of the molecule is CCOC(=O)c1n[nH]c2cccc(OC)c12. The Morgan fingerprint density at radius 3 is 3.00 bits per heavy atom. The van der Waals surface area contributed by atoms with E-state index >= 15 is 0 Å². The van der Waals surface area contributed by atoms with Gasteiger partial charge in [-0.15, -0.1) is 0 Å². The van der Waals surface area contributed by atoms with Crippen molar-refractivity contribution in [3.8, 4) is 5.75 Å². The number of nitrogens with one attached hydrogen (secondary N) is 1. The molecule has 1 N–H and O–H groups in total. The number of fused-ring (bicyclic) bond motifs is 1. The Hall–Kier alpha value is -2.04. The van der Waals surface area contributed by atoms with E-state index in [4.69, 9.17) is 9.47 Å². The molecule has 5 nitrogen and oxygen atoms in total. The van der Waals surface area contributed by atoms with Gasteiger partial charge < -0.3 is 9.47 Å². The number of carbonyl (C=O) groups excluding carboxylic acids is 1. The van der Waals surface area contributed by atoms with Crippen molar-refractivity contribution in [2.45, 2.75) is 6.92 Å². The number of ether oxygens (including phenoxy) is 2. The van der Waals surface area contributed by atoms with Crippen LogP contribution in [0.2, 0.25) is 0 Å². The summed E-state index contributed by atoms with van der Waals surface area (Å²) in [4.78, 5) is 11.6. The van der Waals surface area contributed by atoms with Crippen LogP contribution in [0.15, 0.2) is 18.2 Å². The highest BCUT2D eigenvalue weighted by Gasteiger charge is 2.18. The van der Waals surface area contributed by atoms with Gasteiger partial charge >= 0.3 is 5.97 Å². The Balaban J connectivity index is 2.58. The number of hydrogen-bond acceptors (Lipinski definition) is 4. The summed E-state index contributed by atoms with van der Waals surface area (Å²) in [6.45, 7) is 2.08. The smallest absolute Gasteiger partial charge is 0.359 e. The quantitative estimate of drug-likeness (QED) is 0.800. The van der Waals surface area contributed by atoms with Crippen molar-refractivity contribution in [2.75, 3.05) is 13.7 Å². The second-order valence-electron chi connectivity index (χ2n) is 3.18. The molecule has 0 aliphatic carbocycles. The fourth-order valence-electron chi connectivity index (χ4n) is 1.56. The summed E-state index contributed by atoms with van der Waals surface area (Å²) in [5.41, 5.74) is 1.01. The lowest BCUT2D eigenvalue weighted by Crippen LogP contribution is -2.05. The summed E-state index contributed by atoms with van der Waals surface area (Å²) >= 11 is 0. The van der Waals surface area contributed by atoms with Crippen LogP contribution in [0.4, 0.5) is 0 Å². The number of rotatable bonds is 3. The van der Waals surface area contributed by atoms with Crippen molar-refractivity contribution in [3.05, 3.63) is 23.9 Å². The van der Waals surface area contributed by atoms with Crippen LogP contribution < -0.4 is 4.74 Å². The fraction of sp³-hybridized carbons (Fsp3) is 0.273. The van der Waals surface area contributed by atoms with E-state index < -0.39 is 5.97 Å². The van der Waals surface area contributed by atoms with Gasteiger partial charge in [-0.2, -0.15) is 5.10 Å². The summed E-state index contributed by atoms with van der Waals surface area (Å²) in [6.07, 6.45) is 0. The number of esters is 1. The molecule has 1 aromatic carbocycles. The standard InChI is InChI=1S/C11H12N2O3/c1-3-16-11(14)10-9-7(12-13-10)5-4-6-8(9)15-2/h4-6H,3H2,1-2H3,(H,12,13). The minimum atomic E-state index is -0.446. The first-order valence-electron chi connectivity index (χ1n) is 4.96. The molecular weight excluding hydrogens is 208 g/mol. The highest BCUT2D eigenvalue weighted by molar-refractivity contribution is 6.04. The van der Waals surface area contributed by atoms with Gasteiger partial charge in [-0.05, 0) is 19.1 Å². The van der Waals surface area contributed by atoms with E-state index in [1.165, 1.54) is 0 Å². The van der Waals surface area contributed by atoms with Crippen LogP contribution in [0.5, 0.6) is 5.75 Å². The number of aromatic amines is 1. The second kappa shape index (κ2) is 4.22. The molecule has 1 heterocycles. The number of aromatic nitrogens is 2. The predicted octanol–water partition coefficient (Wildman–Crippen LogP) is 1.75. The summed E-state index contributed by atoms with van der Waals surface area (Å²) in [5.74, 6) is 0.160. The second-order valence-corrected chi connectivity index (χ2v) is 3.18. The molecule has 0 fully saturated rings. The first kappa shape index (κ1) is 10.5. The Labute approximate surface area is 92.4 Å². The maximum atomic E-state index is 11.6. The summed E-state index contributed by atoms with van der Waals surface area (Å²) < 4.78 is 10.1. The Kier molecular flexibility index (Phi) is 2.76. The maximum Gasteiger partial charge on any atom is 0.359 e. The lowest BCUT2D eigenvalue weighted by Gasteiger charge is -2.02.